The summed E-state index contributed by atoms with van der Waals surface area (Å²) in [5, 5.41) is 12.0. The van der Waals surface area contributed by atoms with Crippen molar-refractivity contribution in [3.63, 3.8) is 0 Å². The normalized spacial score (nSPS) is 13.2. The Bertz CT molecular complexity index is 907. The summed E-state index contributed by atoms with van der Waals surface area (Å²) >= 11 is 6.21. The van der Waals surface area contributed by atoms with Crippen LogP contribution in [0.1, 0.15) is 128 Å². The van der Waals surface area contributed by atoms with Crippen molar-refractivity contribution in [1.29, 1.82) is 0 Å². The molecule has 1 N–H and O–H groups in total. The predicted octanol–water partition coefficient (Wildman–Crippen LogP) is 7.41. The Morgan fingerprint density at radius 2 is 1.36 bits per heavy atom. The van der Waals surface area contributed by atoms with Crippen LogP contribution in [-0.2, 0) is 9.84 Å². The monoisotopic (exact) mass is 500 g/mol. The Labute approximate surface area is 206 Å². The van der Waals surface area contributed by atoms with E-state index in [1.165, 1.54) is 70.6 Å². The van der Waals surface area contributed by atoms with E-state index in [1.807, 2.05) is 13.8 Å². The van der Waals surface area contributed by atoms with Gasteiger partial charge in [0.15, 0.2) is 11.5 Å². The summed E-state index contributed by atoms with van der Waals surface area (Å²) in [5.41, 5.74) is 1.43. The van der Waals surface area contributed by atoms with E-state index in [-0.39, 0.29) is 11.7 Å². The highest BCUT2D eigenvalue weighted by Gasteiger charge is 2.20. The molecule has 0 spiro atoms. The number of hydrogen-bond acceptors (Lipinski definition) is 4. The molecular weight excluding hydrogens is 456 g/mol. The summed E-state index contributed by atoms with van der Waals surface area (Å²) in [5.74, 6) is 1.20. The van der Waals surface area contributed by atoms with E-state index in [0.29, 0.717) is 22.8 Å². The number of hydrogen-bond donors (Lipinski definition) is 1. The molecule has 0 amide bonds. The van der Waals surface area contributed by atoms with Gasteiger partial charge in [0.25, 0.3) is 0 Å². The first-order valence-electron chi connectivity index (χ1n) is 13.1. The van der Waals surface area contributed by atoms with Gasteiger partial charge >= 0.3 is 0 Å². The third kappa shape index (κ3) is 9.97. The zero-order chi connectivity index (χ0) is 24.1. The molecule has 1 atom stereocenters. The molecule has 2 aromatic heterocycles. The lowest BCUT2D eigenvalue weighted by Crippen LogP contribution is -2.14. The first-order valence-corrected chi connectivity index (χ1v) is 15.3. The number of aryl methyl sites for hydroxylation is 1. The minimum atomic E-state index is -3.03. The molecule has 8 heteroatoms. The zero-order valence-corrected chi connectivity index (χ0v) is 22.6. The molecule has 0 saturated heterocycles. The van der Waals surface area contributed by atoms with E-state index >= 15 is 0 Å². The molecule has 2 aromatic rings. The van der Waals surface area contributed by atoms with Crippen molar-refractivity contribution in [1.82, 2.24) is 19.8 Å². The fourth-order valence-corrected chi connectivity index (χ4v) is 6.08. The Morgan fingerprint density at radius 1 is 0.848 bits per heavy atom. The molecule has 33 heavy (non-hydrogen) atoms. The van der Waals surface area contributed by atoms with Gasteiger partial charge in [-0.15, -0.1) is 10.2 Å². The van der Waals surface area contributed by atoms with Crippen LogP contribution in [0.15, 0.2) is 0 Å². The summed E-state index contributed by atoms with van der Waals surface area (Å²) in [6.07, 6.45) is 18.3. The van der Waals surface area contributed by atoms with Gasteiger partial charge < -0.3 is 0 Å². The number of nitrogens with zero attached hydrogens (tertiary/aromatic N) is 3. The smallest absolute Gasteiger partial charge is 0.196 e. The second kappa shape index (κ2) is 15.0. The summed E-state index contributed by atoms with van der Waals surface area (Å²) in [4.78, 5) is 0. The van der Waals surface area contributed by atoms with Gasteiger partial charge in [0.05, 0.1) is 17.2 Å². The van der Waals surface area contributed by atoms with Gasteiger partial charge in [0.1, 0.15) is 14.9 Å². The van der Waals surface area contributed by atoms with E-state index in [2.05, 4.69) is 22.2 Å². The van der Waals surface area contributed by atoms with Gasteiger partial charge in [-0.25, -0.2) is 12.9 Å². The number of aromatic nitrogens is 4. The summed E-state index contributed by atoms with van der Waals surface area (Å²) in [6, 6.07) is 0. The Kier molecular flexibility index (Phi) is 12.8. The van der Waals surface area contributed by atoms with Crippen molar-refractivity contribution in [3.8, 4) is 0 Å². The van der Waals surface area contributed by atoms with Gasteiger partial charge in [0, 0.05) is 5.92 Å². The molecule has 0 aliphatic carbocycles. The van der Waals surface area contributed by atoms with Crippen LogP contribution in [0.3, 0.4) is 0 Å². The molecule has 1 unspecified atom stereocenters. The SMILES string of the molecule is CCCCCCCCCCCCCCCCS(=O)(=O)CCC(C)c1nnc2c(Cl)c(C)[nH]n12. The van der Waals surface area contributed by atoms with E-state index < -0.39 is 9.84 Å². The Morgan fingerprint density at radius 3 is 1.91 bits per heavy atom. The molecule has 0 radical (unpaired) electrons. The minimum absolute atomic E-state index is 0.0137. The highest BCUT2D eigenvalue weighted by Crippen LogP contribution is 2.25. The maximum atomic E-state index is 12.5. The number of aromatic amines is 1. The number of halogens is 1. The van der Waals surface area contributed by atoms with Gasteiger partial charge in [0.2, 0.25) is 0 Å². The lowest BCUT2D eigenvalue weighted by Gasteiger charge is -2.10. The van der Waals surface area contributed by atoms with Crippen LogP contribution in [0.2, 0.25) is 5.02 Å². The van der Waals surface area contributed by atoms with Crippen molar-refractivity contribution < 1.29 is 8.42 Å². The number of rotatable bonds is 19. The second-order valence-corrected chi connectivity index (χ2v) is 12.4. The lowest BCUT2D eigenvalue weighted by molar-refractivity contribution is 0.536. The zero-order valence-electron chi connectivity index (χ0n) is 21.0. The van der Waals surface area contributed by atoms with Gasteiger partial charge in [-0.2, -0.15) is 0 Å². The van der Waals surface area contributed by atoms with Crippen LogP contribution in [0.25, 0.3) is 5.65 Å². The lowest BCUT2D eigenvalue weighted by atomic mass is 10.0. The molecule has 0 bridgehead atoms. The van der Waals surface area contributed by atoms with Crippen molar-refractivity contribution >= 4 is 27.1 Å². The van der Waals surface area contributed by atoms with Crippen LogP contribution in [-0.4, -0.2) is 39.7 Å². The number of sulfone groups is 1. The molecule has 2 heterocycles. The minimum Gasteiger partial charge on any atom is -0.294 e. The number of unbranched alkanes of at least 4 members (excludes halogenated alkanes) is 13. The molecular formula is C25H45ClN4O2S. The molecule has 2 rings (SSSR count). The average Bonchev–Trinajstić information content (AvgIpc) is 3.32. The van der Waals surface area contributed by atoms with Crippen LogP contribution >= 0.6 is 11.6 Å². The maximum absolute atomic E-state index is 12.5. The van der Waals surface area contributed by atoms with Crippen LogP contribution in [0.4, 0.5) is 0 Å². The average molecular weight is 501 g/mol. The van der Waals surface area contributed by atoms with Crippen molar-refractivity contribution in [2.24, 2.45) is 0 Å². The quantitative estimate of drug-likeness (QED) is 0.203. The highest BCUT2D eigenvalue weighted by atomic mass is 35.5. The van der Waals surface area contributed by atoms with E-state index in [9.17, 15) is 8.42 Å². The Balaban J connectivity index is 1.51. The number of H-pyrrole nitrogens is 1. The molecule has 0 aromatic carbocycles. The Hall–Kier alpha value is -1.08. The molecule has 190 valence electrons. The van der Waals surface area contributed by atoms with Crippen LogP contribution in [0, 0.1) is 6.92 Å². The molecule has 0 fully saturated rings. The number of nitrogens with one attached hydrogen (secondary N) is 1. The third-order valence-corrected chi connectivity index (χ3v) is 8.83. The molecule has 6 nitrogen and oxygen atoms in total. The van der Waals surface area contributed by atoms with E-state index in [0.717, 1.165) is 30.8 Å². The van der Waals surface area contributed by atoms with Gasteiger partial charge in [-0.05, 0) is 19.8 Å². The number of fused-ring (bicyclic) bond motifs is 1. The van der Waals surface area contributed by atoms with Crippen LogP contribution in [0.5, 0.6) is 0 Å². The summed E-state index contributed by atoms with van der Waals surface area (Å²) < 4.78 is 26.7. The van der Waals surface area contributed by atoms with Gasteiger partial charge in [-0.3, -0.25) is 5.10 Å². The first-order chi connectivity index (χ1) is 15.9. The fourth-order valence-electron chi connectivity index (χ4n) is 4.36. The largest absolute Gasteiger partial charge is 0.294 e. The summed E-state index contributed by atoms with van der Waals surface area (Å²) in [6.45, 7) is 6.13. The highest BCUT2D eigenvalue weighted by molar-refractivity contribution is 7.91. The molecule has 0 aliphatic rings. The second-order valence-electron chi connectivity index (χ2n) is 9.71. The first kappa shape index (κ1) is 28.2. The third-order valence-electron chi connectivity index (χ3n) is 6.60. The van der Waals surface area contributed by atoms with E-state index in [4.69, 9.17) is 11.6 Å². The molecule has 0 aliphatic heterocycles. The van der Waals surface area contributed by atoms with Gasteiger partial charge in [-0.1, -0.05) is 109 Å². The predicted molar refractivity (Wildman–Crippen MR) is 139 cm³/mol. The van der Waals surface area contributed by atoms with Crippen LogP contribution < -0.4 is 0 Å². The molecule has 0 saturated carbocycles. The fraction of sp³-hybridized carbons (Fsp3) is 0.840. The topological polar surface area (TPSA) is 80.1 Å². The van der Waals surface area contributed by atoms with E-state index in [1.54, 1.807) is 4.52 Å². The maximum Gasteiger partial charge on any atom is 0.196 e. The van der Waals surface area contributed by atoms with Crippen molar-refractivity contribution in [2.45, 2.75) is 123 Å². The standard InChI is InChI=1S/C25H45ClN4O2S/c1-4-5-6-7-8-9-10-11-12-13-14-15-16-17-19-33(31,32)20-18-21(2)24-27-28-25-23(26)22(3)29-30(24)25/h21,29H,4-20H2,1-3H3. The summed E-state index contributed by atoms with van der Waals surface area (Å²) in [7, 11) is -3.03. The van der Waals surface area contributed by atoms with Crippen molar-refractivity contribution in [2.75, 3.05) is 11.5 Å². The van der Waals surface area contributed by atoms with Crippen molar-refractivity contribution in [3.05, 3.63) is 16.5 Å².